The highest BCUT2D eigenvalue weighted by molar-refractivity contribution is 7.92. The van der Waals surface area contributed by atoms with E-state index in [-0.39, 0.29) is 21.8 Å². The number of amides is 2. The van der Waals surface area contributed by atoms with Crippen LogP contribution in [0.1, 0.15) is 63.1 Å². The van der Waals surface area contributed by atoms with Crippen LogP contribution in [0.25, 0.3) is 0 Å². The molecule has 2 rings (SSSR count). The molecule has 158 valence electrons. The Balaban J connectivity index is 2.32. The smallest absolute Gasteiger partial charge is 0.333 e. The fourth-order valence-corrected chi connectivity index (χ4v) is 5.09. The first-order valence-corrected chi connectivity index (χ1v) is 11.6. The van der Waals surface area contributed by atoms with Gasteiger partial charge in [0.1, 0.15) is 4.21 Å². The number of hydrogen-bond donors (Lipinski definition) is 3. The fraction of sp³-hybridized carbons (Fsp3) is 0.368. The molecule has 1 aromatic heterocycles. The Bertz CT molecular complexity index is 1010. The van der Waals surface area contributed by atoms with Gasteiger partial charge in [0.2, 0.25) is 0 Å². The number of thiophene rings is 1. The molecule has 0 bridgehead atoms. The minimum absolute atomic E-state index is 0.0603. The zero-order chi connectivity index (χ0) is 21.9. The molecule has 2 aromatic rings. The predicted octanol–water partition coefficient (Wildman–Crippen LogP) is 5.36. The van der Waals surface area contributed by atoms with Crippen molar-refractivity contribution in [2.24, 2.45) is 5.16 Å². The van der Waals surface area contributed by atoms with Gasteiger partial charge in [-0.05, 0) is 48.1 Å². The molecule has 0 aliphatic heterocycles. The summed E-state index contributed by atoms with van der Waals surface area (Å²) in [5.74, 6) is 0.136. The second-order valence-electron chi connectivity index (χ2n) is 7.17. The average Bonchev–Trinajstić information content (AvgIpc) is 3.12. The Hall–Kier alpha value is -2.10. The topological polar surface area (TPSA) is 108 Å². The molecule has 0 fully saturated rings. The van der Waals surface area contributed by atoms with Gasteiger partial charge in [-0.15, -0.1) is 11.3 Å². The van der Waals surface area contributed by atoms with Crippen LogP contribution < -0.4 is 10.0 Å². The minimum atomic E-state index is -4.08. The summed E-state index contributed by atoms with van der Waals surface area (Å²) in [5, 5.41) is 16.7. The number of carbonyl (C=O) groups excluding carboxylic acids is 1. The van der Waals surface area contributed by atoms with E-state index in [1.165, 1.54) is 11.4 Å². The zero-order valence-corrected chi connectivity index (χ0v) is 19.2. The van der Waals surface area contributed by atoms with Gasteiger partial charge in [0.05, 0.1) is 5.71 Å². The maximum absolute atomic E-state index is 12.6. The van der Waals surface area contributed by atoms with Crippen molar-refractivity contribution in [2.45, 2.75) is 50.7 Å². The quantitative estimate of drug-likeness (QED) is 0.308. The van der Waals surface area contributed by atoms with E-state index in [0.29, 0.717) is 16.3 Å². The Morgan fingerprint density at radius 1 is 1.14 bits per heavy atom. The van der Waals surface area contributed by atoms with Crippen molar-refractivity contribution in [2.75, 3.05) is 5.32 Å². The van der Waals surface area contributed by atoms with Crippen molar-refractivity contribution in [3.63, 3.8) is 0 Å². The SMILES string of the molecule is C/C(=N\O)c1csc(S(=O)(=O)NC(=O)Nc2c(C(C)C)cc(Cl)cc2C(C)C)c1. The summed E-state index contributed by atoms with van der Waals surface area (Å²) in [5.41, 5.74) is 2.93. The first-order valence-electron chi connectivity index (χ1n) is 8.91. The van der Waals surface area contributed by atoms with Crippen molar-refractivity contribution in [1.29, 1.82) is 0 Å². The largest absolute Gasteiger partial charge is 0.411 e. The van der Waals surface area contributed by atoms with Gasteiger partial charge >= 0.3 is 6.03 Å². The van der Waals surface area contributed by atoms with Crippen LogP contribution in [0.3, 0.4) is 0 Å². The van der Waals surface area contributed by atoms with Crippen LogP contribution in [0.15, 0.2) is 32.9 Å². The maximum Gasteiger partial charge on any atom is 0.333 e. The molecule has 0 unspecified atom stereocenters. The Morgan fingerprint density at radius 2 is 1.69 bits per heavy atom. The molecule has 0 atom stereocenters. The minimum Gasteiger partial charge on any atom is -0.411 e. The van der Waals surface area contributed by atoms with Gasteiger partial charge in [0.25, 0.3) is 10.0 Å². The summed E-state index contributed by atoms with van der Waals surface area (Å²) in [4.78, 5) is 12.5. The van der Waals surface area contributed by atoms with Gasteiger partial charge in [0.15, 0.2) is 0 Å². The molecule has 0 aliphatic carbocycles. The average molecular weight is 458 g/mol. The van der Waals surface area contributed by atoms with Crippen LogP contribution in [0, 0.1) is 0 Å². The van der Waals surface area contributed by atoms with E-state index < -0.39 is 16.1 Å². The van der Waals surface area contributed by atoms with E-state index in [0.717, 1.165) is 22.5 Å². The van der Waals surface area contributed by atoms with Crippen LogP contribution in [0.5, 0.6) is 0 Å². The van der Waals surface area contributed by atoms with Gasteiger partial charge in [-0.1, -0.05) is 44.5 Å². The lowest BCUT2D eigenvalue weighted by molar-refractivity contribution is 0.256. The summed E-state index contributed by atoms with van der Waals surface area (Å²) in [6.07, 6.45) is 0. The Kier molecular flexibility index (Phi) is 7.31. The Labute approximate surface area is 179 Å². The number of nitrogens with zero attached hydrogens (tertiary/aromatic N) is 1. The van der Waals surface area contributed by atoms with E-state index in [4.69, 9.17) is 16.8 Å². The first kappa shape index (κ1) is 23.2. The second kappa shape index (κ2) is 9.15. The van der Waals surface area contributed by atoms with Crippen LogP contribution in [-0.4, -0.2) is 25.4 Å². The van der Waals surface area contributed by atoms with Crippen molar-refractivity contribution >= 4 is 50.4 Å². The van der Waals surface area contributed by atoms with Crippen LogP contribution in [0.4, 0.5) is 10.5 Å². The summed E-state index contributed by atoms with van der Waals surface area (Å²) in [7, 11) is -4.08. The van der Waals surface area contributed by atoms with Crippen molar-refractivity contribution in [3.05, 3.63) is 45.3 Å². The molecular weight excluding hydrogens is 434 g/mol. The van der Waals surface area contributed by atoms with Crippen LogP contribution in [0.2, 0.25) is 5.02 Å². The molecule has 0 spiro atoms. The highest BCUT2D eigenvalue weighted by Crippen LogP contribution is 2.35. The maximum atomic E-state index is 12.6. The molecule has 0 saturated heterocycles. The van der Waals surface area contributed by atoms with Gasteiger partial charge in [0, 0.05) is 21.7 Å². The highest BCUT2D eigenvalue weighted by atomic mass is 35.5. The highest BCUT2D eigenvalue weighted by Gasteiger charge is 2.23. The monoisotopic (exact) mass is 457 g/mol. The standard InChI is InChI=1S/C19H24ClN3O4S2/c1-10(2)15-7-14(20)8-16(11(3)4)18(15)21-19(24)23-29(26,27)17-6-13(9-28-17)12(5)22-25/h6-11,25H,1-5H3,(H2,21,23,24)/b22-12+. The molecule has 0 saturated carbocycles. The third kappa shape index (κ3) is 5.49. The molecule has 3 N–H and O–H groups in total. The first-order chi connectivity index (χ1) is 13.5. The lowest BCUT2D eigenvalue weighted by Crippen LogP contribution is -2.34. The van der Waals surface area contributed by atoms with Crippen molar-refractivity contribution < 1.29 is 18.4 Å². The normalized spacial score (nSPS) is 12.5. The summed E-state index contributed by atoms with van der Waals surface area (Å²) in [6.45, 7) is 9.41. The lowest BCUT2D eigenvalue weighted by atomic mass is 9.92. The number of oxime groups is 1. The van der Waals surface area contributed by atoms with Gasteiger partial charge in [-0.25, -0.2) is 17.9 Å². The molecule has 29 heavy (non-hydrogen) atoms. The number of nitrogens with one attached hydrogen (secondary N) is 2. The number of rotatable bonds is 6. The van der Waals surface area contributed by atoms with Crippen molar-refractivity contribution in [3.8, 4) is 0 Å². The van der Waals surface area contributed by atoms with E-state index >= 15 is 0 Å². The number of urea groups is 1. The number of hydrogen-bond acceptors (Lipinski definition) is 6. The number of anilines is 1. The van der Waals surface area contributed by atoms with Crippen LogP contribution >= 0.6 is 22.9 Å². The van der Waals surface area contributed by atoms with E-state index in [1.807, 2.05) is 32.4 Å². The lowest BCUT2D eigenvalue weighted by Gasteiger charge is -2.21. The van der Waals surface area contributed by atoms with Crippen LogP contribution in [-0.2, 0) is 10.0 Å². The molecule has 2 amide bonds. The molecule has 1 aromatic carbocycles. The number of sulfonamides is 1. The molecule has 1 heterocycles. The van der Waals surface area contributed by atoms with Gasteiger partial charge in [-0.2, -0.15) is 0 Å². The second-order valence-corrected chi connectivity index (χ2v) is 10.4. The number of carbonyl (C=O) groups is 1. The zero-order valence-electron chi connectivity index (χ0n) is 16.8. The summed E-state index contributed by atoms with van der Waals surface area (Å²) >= 11 is 7.15. The summed E-state index contributed by atoms with van der Waals surface area (Å²) in [6, 6.07) is 4.02. The number of halogens is 1. The van der Waals surface area contributed by atoms with E-state index in [1.54, 1.807) is 19.1 Å². The molecular formula is C19H24ClN3O4S2. The third-order valence-corrected chi connectivity index (χ3v) is 7.27. The third-order valence-electron chi connectivity index (χ3n) is 4.28. The van der Waals surface area contributed by atoms with Gasteiger partial charge in [-0.3, -0.25) is 0 Å². The predicted molar refractivity (Wildman–Crippen MR) is 117 cm³/mol. The fourth-order valence-electron chi connectivity index (χ4n) is 2.72. The molecule has 0 aliphatic rings. The van der Waals surface area contributed by atoms with E-state index in [9.17, 15) is 13.2 Å². The molecule has 7 nitrogen and oxygen atoms in total. The van der Waals surface area contributed by atoms with Crippen molar-refractivity contribution in [1.82, 2.24) is 4.72 Å². The molecule has 10 heteroatoms. The van der Waals surface area contributed by atoms with Gasteiger partial charge < -0.3 is 10.5 Å². The number of benzene rings is 1. The van der Waals surface area contributed by atoms with E-state index in [2.05, 4.69) is 10.5 Å². The summed E-state index contributed by atoms with van der Waals surface area (Å²) < 4.78 is 27.1. The molecule has 0 radical (unpaired) electrons. The Morgan fingerprint density at radius 3 is 2.17 bits per heavy atom.